The highest BCUT2D eigenvalue weighted by Crippen LogP contribution is 2.38. The van der Waals surface area contributed by atoms with Crippen LogP contribution in [0, 0.1) is 6.92 Å². The van der Waals surface area contributed by atoms with Crippen LogP contribution in [-0.4, -0.2) is 22.3 Å². The molecule has 2 atom stereocenters. The highest BCUT2D eigenvalue weighted by molar-refractivity contribution is 7.99. The van der Waals surface area contributed by atoms with E-state index in [1.54, 1.807) is 25.1 Å². The molecule has 0 amide bonds. The van der Waals surface area contributed by atoms with E-state index in [0.717, 1.165) is 29.4 Å². The molecule has 1 aromatic heterocycles. The number of benzene rings is 1. The molecule has 2 aromatic rings. The average molecular weight is 301 g/mol. The van der Waals surface area contributed by atoms with Crippen LogP contribution in [0.5, 0.6) is 5.75 Å². The molecule has 4 nitrogen and oxygen atoms in total. The summed E-state index contributed by atoms with van der Waals surface area (Å²) in [6.45, 7) is 1.98. The topological polar surface area (TPSA) is 61.0 Å². The summed E-state index contributed by atoms with van der Waals surface area (Å²) in [5.41, 5.74) is 9.95. The van der Waals surface area contributed by atoms with Gasteiger partial charge >= 0.3 is 0 Å². The monoisotopic (exact) mass is 301 g/mol. The average Bonchev–Trinajstić information content (AvgIpc) is 2.50. The molecule has 0 saturated carbocycles. The van der Waals surface area contributed by atoms with Crippen LogP contribution < -0.4 is 10.5 Å². The van der Waals surface area contributed by atoms with Gasteiger partial charge in [0, 0.05) is 23.2 Å². The summed E-state index contributed by atoms with van der Waals surface area (Å²) in [5.74, 6) is 0.897. The van der Waals surface area contributed by atoms with Crippen molar-refractivity contribution in [2.24, 2.45) is 5.73 Å². The van der Waals surface area contributed by atoms with Gasteiger partial charge in [-0.3, -0.25) is 0 Å². The summed E-state index contributed by atoms with van der Waals surface area (Å²) in [7, 11) is 1.69. The van der Waals surface area contributed by atoms with Gasteiger partial charge in [0.05, 0.1) is 7.11 Å². The zero-order valence-electron chi connectivity index (χ0n) is 12.2. The molecule has 1 aromatic carbocycles. The van der Waals surface area contributed by atoms with Crippen molar-refractivity contribution in [1.29, 1.82) is 0 Å². The molecule has 0 spiro atoms. The first-order chi connectivity index (χ1) is 10.2. The zero-order chi connectivity index (χ0) is 14.8. The Morgan fingerprint density at radius 3 is 2.95 bits per heavy atom. The van der Waals surface area contributed by atoms with Crippen molar-refractivity contribution in [2.45, 2.75) is 36.2 Å². The maximum Gasteiger partial charge on any atom is 0.188 e. The van der Waals surface area contributed by atoms with Crippen LogP contribution in [0.15, 0.2) is 35.6 Å². The smallest absolute Gasteiger partial charge is 0.188 e. The van der Waals surface area contributed by atoms with Crippen LogP contribution in [0.2, 0.25) is 0 Å². The molecule has 110 valence electrons. The molecular formula is C16H19N3OS. The van der Waals surface area contributed by atoms with Gasteiger partial charge in [-0.05, 0) is 49.1 Å². The molecule has 0 radical (unpaired) electrons. The van der Waals surface area contributed by atoms with E-state index in [9.17, 15) is 0 Å². The van der Waals surface area contributed by atoms with E-state index < -0.39 is 0 Å². The predicted octanol–water partition coefficient (Wildman–Crippen LogP) is 2.90. The fourth-order valence-corrected chi connectivity index (χ4v) is 3.80. The quantitative estimate of drug-likeness (QED) is 0.883. The Labute approximate surface area is 129 Å². The lowest BCUT2D eigenvalue weighted by molar-refractivity contribution is 0.413. The summed E-state index contributed by atoms with van der Waals surface area (Å²) < 4.78 is 5.29. The Balaban J connectivity index is 1.80. The Morgan fingerprint density at radius 2 is 2.19 bits per heavy atom. The van der Waals surface area contributed by atoms with Crippen molar-refractivity contribution in [1.82, 2.24) is 9.97 Å². The fraction of sp³-hybridized carbons (Fsp3) is 0.375. The highest BCUT2D eigenvalue weighted by atomic mass is 32.2. The standard InChI is InChI=1S/C16H19N3OS/c1-10-7-8-18-16(19-10)21-14-6-3-11-9-12(20-2)4-5-13(11)15(14)17/h4-5,7-9,14-15H,3,6,17H2,1-2H3. The molecule has 1 aliphatic carbocycles. The fourth-order valence-electron chi connectivity index (χ4n) is 2.68. The van der Waals surface area contributed by atoms with Crippen LogP contribution in [-0.2, 0) is 6.42 Å². The highest BCUT2D eigenvalue weighted by Gasteiger charge is 2.28. The summed E-state index contributed by atoms with van der Waals surface area (Å²) in [5, 5.41) is 1.13. The van der Waals surface area contributed by atoms with E-state index in [0.29, 0.717) is 5.25 Å². The van der Waals surface area contributed by atoms with Crippen molar-refractivity contribution in [2.75, 3.05) is 7.11 Å². The minimum Gasteiger partial charge on any atom is -0.497 e. The number of nitrogens with two attached hydrogens (primary N) is 1. The largest absolute Gasteiger partial charge is 0.497 e. The number of thioether (sulfide) groups is 1. The summed E-state index contributed by atoms with van der Waals surface area (Å²) in [6, 6.07) is 8.08. The summed E-state index contributed by atoms with van der Waals surface area (Å²) in [6.07, 6.45) is 3.85. The molecule has 3 rings (SSSR count). The summed E-state index contributed by atoms with van der Waals surface area (Å²) in [4.78, 5) is 8.79. The number of methoxy groups -OCH3 is 1. The second-order valence-corrected chi connectivity index (χ2v) is 6.47. The van der Waals surface area contributed by atoms with Gasteiger partial charge in [0.15, 0.2) is 5.16 Å². The molecular weight excluding hydrogens is 282 g/mol. The number of aromatic nitrogens is 2. The van der Waals surface area contributed by atoms with Gasteiger partial charge < -0.3 is 10.5 Å². The Morgan fingerprint density at radius 1 is 1.33 bits per heavy atom. The van der Waals surface area contributed by atoms with E-state index in [2.05, 4.69) is 22.1 Å². The van der Waals surface area contributed by atoms with Crippen molar-refractivity contribution < 1.29 is 4.74 Å². The second-order valence-electron chi connectivity index (χ2n) is 5.27. The maximum atomic E-state index is 6.45. The molecule has 21 heavy (non-hydrogen) atoms. The van der Waals surface area contributed by atoms with Crippen molar-refractivity contribution in [3.8, 4) is 5.75 Å². The number of hydrogen-bond acceptors (Lipinski definition) is 5. The molecule has 2 N–H and O–H groups in total. The second kappa shape index (κ2) is 6.03. The molecule has 2 unspecified atom stereocenters. The third-order valence-corrected chi connectivity index (χ3v) is 5.08. The third-order valence-electron chi connectivity index (χ3n) is 3.84. The predicted molar refractivity (Wildman–Crippen MR) is 84.7 cm³/mol. The SMILES string of the molecule is COc1ccc2c(c1)CCC(Sc1nccc(C)n1)C2N. The first kappa shape index (κ1) is 14.4. The van der Waals surface area contributed by atoms with Crippen LogP contribution >= 0.6 is 11.8 Å². The molecule has 0 saturated heterocycles. The van der Waals surface area contributed by atoms with E-state index in [-0.39, 0.29) is 6.04 Å². The minimum absolute atomic E-state index is 0.00812. The lowest BCUT2D eigenvalue weighted by atomic mass is 9.87. The normalized spacial score (nSPS) is 20.9. The Bertz CT molecular complexity index is 647. The van der Waals surface area contributed by atoms with E-state index >= 15 is 0 Å². The number of nitrogens with zero attached hydrogens (tertiary/aromatic N) is 2. The van der Waals surface area contributed by atoms with Crippen molar-refractivity contribution >= 4 is 11.8 Å². The van der Waals surface area contributed by atoms with Gasteiger partial charge in [0.1, 0.15) is 5.75 Å². The van der Waals surface area contributed by atoms with Crippen molar-refractivity contribution in [3.63, 3.8) is 0 Å². The third kappa shape index (κ3) is 3.04. The number of fused-ring (bicyclic) bond motifs is 1. The lowest BCUT2D eigenvalue weighted by Crippen LogP contribution is -2.29. The van der Waals surface area contributed by atoms with Crippen LogP contribution in [0.3, 0.4) is 0 Å². The van der Waals surface area contributed by atoms with Crippen LogP contribution in [0.25, 0.3) is 0 Å². The number of rotatable bonds is 3. The first-order valence-corrected chi connectivity index (χ1v) is 7.94. The lowest BCUT2D eigenvalue weighted by Gasteiger charge is -2.30. The van der Waals surface area contributed by atoms with E-state index in [4.69, 9.17) is 10.5 Å². The van der Waals surface area contributed by atoms with E-state index in [1.165, 1.54) is 11.1 Å². The molecule has 5 heteroatoms. The molecule has 0 fully saturated rings. The van der Waals surface area contributed by atoms with Gasteiger partial charge in [-0.25, -0.2) is 9.97 Å². The maximum absolute atomic E-state index is 6.45. The number of ether oxygens (including phenoxy) is 1. The van der Waals surface area contributed by atoms with Gasteiger partial charge in [-0.2, -0.15) is 0 Å². The summed E-state index contributed by atoms with van der Waals surface area (Å²) >= 11 is 1.68. The van der Waals surface area contributed by atoms with Gasteiger partial charge in [0.2, 0.25) is 0 Å². The van der Waals surface area contributed by atoms with Crippen molar-refractivity contribution in [3.05, 3.63) is 47.3 Å². The molecule has 1 aliphatic rings. The van der Waals surface area contributed by atoms with E-state index in [1.807, 2.05) is 19.1 Å². The molecule has 0 bridgehead atoms. The zero-order valence-corrected chi connectivity index (χ0v) is 13.1. The van der Waals surface area contributed by atoms with Gasteiger partial charge in [0.25, 0.3) is 0 Å². The Hall–Kier alpha value is -1.59. The van der Waals surface area contributed by atoms with Gasteiger partial charge in [-0.15, -0.1) is 0 Å². The number of hydrogen-bond donors (Lipinski definition) is 1. The molecule has 1 heterocycles. The van der Waals surface area contributed by atoms with Crippen LogP contribution in [0.4, 0.5) is 0 Å². The molecule has 0 aliphatic heterocycles. The van der Waals surface area contributed by atoms with Gasteiger partial charge in [-0.1, -0.05) is 17.8 Å². The minimum atomic E-state index is 0.00812. The number of aryl methyl sites for hydroxylation is 2. The van der Waals surface area contributed by atoms with Crippen LogP contribution in [0.1, 0.15) is 29.3 Å². The first-order valence-electron chi connectivity index (χ1n) is 7.06. The Kier molecular flexibility index (Phi) is 4.12.